The molecule has 0 spiro atoms. The van der Waals surface area contributed by atoms with E-state index in [1.807, 2.05) is 36.4 Å². The standard InChI is InChI=1S/C38H41Cl5N2O6/c1-38(22-46,23-47)44-18-25-16-32(41)35(17-34(25)50-21-26-15-27(39)9-10-31(26)40)51-20-24-5-2-6-29(36(24)42)30-7-3-8-33(37(30)43)49-14-4-12-45-13-11-28(48)19-45/h2-3,5-10,15-17,28,44,46-48H,4,11-14,18-23H2,1H3. The molecule has 1 heterocycles. The lowest BCUT2D eigenvalue weighted by Crippen LogP contribution is -2.48. The van der Waals surface area contributed by atoms with Gasteiger partial charge in [-0.2, -0.15) is 0 Å². The lowest BCUT2D eigenvalue weighted by molar-refractivity contribution is 0.103. The highest BCUT2D eigenvalue weighted by Gasteiger charge is 2.23. The van der Waals surface area contributed by atoms with Crippen LogP contribution in [0.4, 0.5) is 0 Å². The summed E-state index contributed by atoms with van der Waals surface area (Å²) in [5, 5.41) is 34.8. The molecule has 5 rings (SSSR count). The molecule has 0 aliphatic carbocycles. The third-order valence-corrected chi connectivity index (χ3v) is 10.5. The van der Waals surface area contributed by atoms with Crippen LogP contribution in [0, 0.1) is 0 Å². The van der Waals surface area contributed by atoms with Crippen molar-refractivity contribution in [3.63, 3.8) is 0 Å². The van der Waals surface area contributed by atoms with Crippen molar-refractivity contribution in [1.82, 2.24) is 10.2 Å². The van der Waals surface area contributed by atoms with Gasteiger partial charge in [0.05, 0.1) is 46.5 Å². The lowest BCUT2D eigenvalue weighted by atomic mass is 10.0. The molecule has 13 heteroatoms. The Kier molecular flexibility index (Phi) is 14.4. The first-order valence-electron chi connectivity index (χ1n) is 16.6. The average molecular weight is 799 g/mol. The SMILES string of the molecule is CC(CO)(CO)NCc1cc(Cl)c(OCc2cccc(-c3cccc(OCCCN4CCC(O)C4)c3Cl)c2Cl)cc1OCc1cc(Cl)ccc1Cl. The molecule has 0 amide bonds. The summed E-state index contributed by atoms with van der Waals surface area (Å²) in [4.78, 5) is 2.23. The van der Waals surface area contributed by atoms with Crippen molar-refractivity contribution in [3.05, 3.63) is 109 Å². The van der Waals surface area contributed by atoms with Crippen molar-refractivity contribution < 1.29 is 29.5 Å². The summed E-state index contributed by atoms with van der Waals surface area (Å²) in [6, 6.07) is 19.8. The molecular formula is C38H41Cl5N2O6. The minimum absolute atomic E-state index is 0.0929. The number of rotatable bonds is 17. The first-order valence-corrected chi connectivity index (χ1v) is 18.5. The molecule has 0 bridgehead atoms. The molecule has 274 valence electrons. The zero-order valence-electron chi connectivity index (χ0n) is 28.1. The molecule has 0 saturated carbocycles. The number of β-amino-alcohol motifs (C(OH)–C–C–N with tert-alkyl or cyclic N) is 1. The molecule has 1 fully saturated rings. The molecule has 4 N–H and O–H groups in total. The molecule has 4 aromatic rings. The van der Waals surface area contributed by atoms with Gasteiger partial charge in [-0.25, -0.2) is 0 Å². The first kappa shape index (κ1) is 39.7. The van der Waals surface area contributed by atoms with Gasteiger partial charge >= 0.3 is 0 Å². The number of nitrogens with zero attached hydrogens (tertiary/aromatic N) is 1. The van der Waals surface area contributed by atoms with E-state index in [-0.39, 0.29) is 39.1 Å². The predicted octanol–water partition coefficient (Wildman–Crippen LogP) is 8.45. The van der Waals surface area contributed by atoms with E-state index in [2.05, 4.69) is 10.2 Å². The van der Waals surface area contributed by atoms with Gasteiger partial charge in [0.25, 0.3) is 0 Å². The van der Waals surface area contributed by atoms with Crippen LogP contribution in [-0.4, -0.2) is 71.3 Å². The summed E-state index contributed by atoms with van der Waals surface area (Å²) in [7, 11) is 0. The summed E-state index contributed by atoms with van der Waals surface area (Å²) in [6.07, 6.45) is 1.38. The van der Waals surface area contributed by atoms with Gasteiger partial charge in [0.15, 0.2) is 0 Å². The Morgan fingerprint density at radius 1 is 0.765 bits per heavy atom. The number of hydrogen-bond acceptors (Lipinski definition) is 8. The van der Waals surface area contributed by atoms with Gasteiger partial charge in [-0.1, -0.05) is 88.3 Å². The minimum atomic E-state index is -0.926. The quantitative estimate of drug-likeness (QED) is 0.0790. The monoisotopic (exact) mass is 796 g/mol. The Morgan fingerprint density at radius 2 is 1.47 bits per heavy atom. The molecule has 1 saturated heterocycles. The molecule has 1 aliphatic heterocycles. The van der Waals surface area contributed by atoms with Gasteiger partial charge in [-0.05, 0) is 50.1 Å². The van der Waals surface area contributed by atoms with Gasteiger partial charge in [-0.15, -0.1) is 0 Å². The third-order valence-electron chi connectivity index (χ3n) is 8.75. The zero-order chi connectivity index (χ0) is 36.5. The van der Waals surface area contributed by atoms with Crippen LogP contribution in [0.2, 0.25) is 25.1 Å². The van der Waals surface area contributed by atoms with E-state index in [1.165, 1.54) is 0 Å². The number of hydrogen-bond donors (Lipinski definition) is 4. The highest BCUT2D eigenvalue weighted by atomic mass is 35.5. The fraction of sp³-hybridized carbons (Fsp3) is 0.368. The summed E-state index contributed by atoms with van der Waals surface area (Å²) in [5.41, 5.74) is 2.60. The highest BCUT2D eigenvalue weighted by Crippen LogP contribution is 2.41. The predicted molar refractivity (Wildman–Crippen MR) is 205 cm³/mol. The average Bonchev–Trinajstić information content (AvgIpc) is 3.55. The normalized spacial score (nSPS) is 15.0. The number of aliphatic hydroxyl groups is 3. The molecule has 1 unspecified atom stereocenters. The molecule has 0 radical (unpaired) electrons. The third kappa shape index (κ3) is 10.6. The van der Waals surface area contributed by atoms with Crippen LogP contribution in [0.3, 0.4) is 0 Å². The Bertz CT molecular complexity index is 1790. The second-order valence-electron chi connectivity index (χ2n) is 12.8. The molecule has 1 aliphatic rings. The van der Waals surface area contributed by atoms with Crippen molar-refractivity contribution in [2.75, 3.05) is 39.5 Å². The second-order valence-corrected chi connectivity index (χ2v) is 14.8. The molecular weight excluding hydrogens is 758 g/mol. The van der Waals surface area contributed by atoms with E-state index in [0.29, 0.717) is 72.2 Å². The Balaban J connectivity index is 1.31. The molecule has 0 aromatic heterocycles. The van der Waals surface area contributed by atoms with Crippen molar-refractivity contribution in [1.29, 1.82) is 0 Å². The fourth-order valence-corrected chi connectivity index (χ4v) is 6.78. The van der Waals surface area contributed by atoms with E-state index in [4.69, 9.17) is 72.2 Å². The van der Waals surface area contributed by atoms with E-state index >= 15 is 0 Å². The Morgan fingerprint density at radius 3 is 2.20 bits per heavy atom. The zero-order valence-corrected chi connectivity index (χ0v) is 31.9. The fourth-order valence-electron chi connectivity index (χ4n) is 5.61. The lowest BCUT2D eigenvalue weighted by Gasteiger charge is -2.27. The van der Waals surface area contributed by atoms with Crippen LogP contribution in [0.15, 0.2) is 66.7 Å². The topological polar surface area (TPSA) is 104 Å². The van der Waals surface area contributed by atoms with Crippen molar-refractivity contribution in [3.8, 4) is 28.4 Å². The Hall–Kier alpha value is -2.47. The number of halogens is 5. The number of benzene rings is 4. The van der Waals surface area contributed by atoms with Gasteiger partial charge in [0, 0.05) is 70.1 Å². The highest BCUT2D eigenvalue weighted by molar-refractivity contribution is 6.37. The van der Waals surface area contributed by atoms with Gasteiger partial charge < -0.3 is 39.7 Å². The summed E-state index contributed by atoms with van der Waals surface area (Å²) >= 11 is 33.1. The number of likely N-dealkylation sites (tertiary alicyclic amines) is 1. The van der Waals surface area contributed by atoms with Crippen LogP contribution >= 0.6 is 58.0 Å². The summed E-state index contributed by atoms with van der Waals surface area (Å²) < 4.78 is 18.5. The Labute approximate surface area is 323 Å². The van der Waals surface area contributed by atoms with Gasteiger partial charge in [-0.3, -0.25) is 0 Å². The molecule has 8 nitrogen and oxygen atoms in total. The van der Waals surface area contributed by atoms with E-state index in [9.17, 15) is 15.3 Å². The van der Waals surface area contributed by atoms with Crippen molar-refractivity contribution in [2.45, 2.75) is 51.2 Å². The molecule has 1 atom stereocenters. The summed E-state index contributed by atoms with van der Waals surface area (Å²) in [6.45, 7) is 4.54. The van der Waals surface area contributed by atoms with Crippen LogP contribution in [0.25, 0.3) is 11.1 Å². The van der Waals surface area contributed by atoms with E-state index in [1.54, 1.807) is 37.3 Å². The minimum Gasteiger partial charge on any atom is -0.492 e. The van der Waals surface area contributed by atoms with E-state index < -0.39 is 5.54 Å². The largest absolute Gasteiger partial charge is 0.492 e. The summed E-state index contributed by atoms with van der Waals surface area (Å²) in [5.74, 6) is 1.38. The number of ether oxygens (including phenoxy) is 3. The smallest absolute Gasteiger partial charge is 0.142 e. The van der Waals surface area contributed by atoms with Crippen LogP contribution in [-0.2, 0) is 19.8 Å². The van der Waals surface area contributed by atoms with Crippen LogP contribution in [0.5, 0.6) is 17.2 Å². The molecule has 4 aromatic carbocycles. The van der Waals surface area contributed by atoms with Gasteiger partial charge in [0.2, 0.25) is 0 Å². The van der Waals surface area contributed by atoms with Crippen LogP contribution in [0.1, 0.15) is 36.5 Å². The first-order chi connectivity index (χ1) is 24.5. The van der Waals surface area contributed by atoms with E-state index in [0.717, 1.165) is 37.1 Å². The van der Waals surface area contributed by atoms with Crippen LogP contribution < -0.4 is 19.5 Å². The maximum absolute atomic E-state index is 9.79. The second kappa shape index (κ2) is 18.5. The number of nitrogens with one attached hydrogen (secondary N) is 1. The van der Waals surface area contributed by atoms with Crippen molar-refractivity contribution >= 4 is 58.0 Å². The van der Waals surface area contributed by atoms with Gasteiger partial charge in [0.1, 0.15) is 30.5 Å². The maximum Gasteiger partial charge on any atom is 0.142 e. The molecule has 51 heavy (non-hydrogen) atoms. The number of aliphatic hydroxyl groups excluding tert-OH is 3. The maximum atomic E-state index is 9.79. The van der Waals surface area contributed by atoms with Crippen molar-refractivity contribution in [2.24, 2.45) is 0 Å².